The molecule has 1 saturated heterocycles. The molecule has 1 saturated carbocycles. The molecule has 0 N–H and O–H groups in total. The highest BCUT2D eigenvalue weighted by Gasteiger charge is 2.47. The van der Waals surface area contributed by atoms with Gasteiger partial charge in [-0.2, -0.15) is 0 Å². The van der Waals surface area contributed by atoms with Crippen molar-refractivity contribution in [1.82, 2.24) is 14.8 Å². The van der Waals surface area contributed by atoms with E-state index in [9.17, 15) is 4.79 Å². The van der Waals surface area contributed by atoms with Crippen molar-refractivity contribution < 1.29 is 4.79 Å². The van der Waals surface area contributed by atoms with Gasteiger partial charge >= 0.3 is 0 Å². The van der Waals surface area contributed by atoms with Crippen LogP contribution in [0.3, 0.4) is 0 Å². The molecule has 3 aliphatic rings. The topological polar surface area (TPSA) is 36.4 Å². The minimum atomic E-state index is 0.325. The van der Waals surface area contributed by atoms with E-state index >= 15 is 0 Å². The van der Waals surface area contributed by atoms with Crippen LogP contribution in [0.5, 0.6) is 0 Å². The van der Waals surface area contributed by atoms with Crippen LogP contribution >= 0.6 is 11.3 Å². The molecule has 132 valence electrons. The van der Waals surface area contributed by atoms with Crippen molar-refractivity contribution in [3.05, 3.63) is 15.6 Å². The van der Waals surface area contributed by atoms with Crippen molar-refractivity contribution in [3.63, 3.8) is 0 Å². The second-order valence-electron chi connectivity index (χ2n) is 7.82. The lowest BCUT2D eigenvalue weighted by Crippen LogP contribution is -2.63. The van der Waals surface area contributed by atoms with Crippen molar-refractivity contribution in [1.29, 1.82) is 0 Å². The lowest BCUT2D eigenvalue weighted by Gasteiger charge is -2.50. The molecule has 0 spiro atoms. The maximum atomic E-state index is 12.6. The first-order valence-electron chi connectivity index (χ1n) is 9.62. The predicted molar refractivity (Wildman–Crippen MR) is 97.0 cm³/mol. The van der Waals surface area contributed by atoms with E-state index in [-0.39, 0.29) is 0 Å². The Labute approximate surface area is 149 Å². The van der Waals surface area contributed by atoms with Crippen LogP contribution in [0.1, 0.15) is 73.0 Å². The molecule has 4 rings (SSSR count). The highest BCUT2D eigenvalue weighted by Crippen LogP contribution is 2.40. The smallest absolute Gasteiger partial charge is 0.229 e. The van der Waals surface area contributed by atoms with Gasteiger partial charge in [0, 0.05) is 17.0 Å². The highest BCUT2D eigenvalue weighted by atomic mass is 32.1. The summed E-state index contributed by atoms with van der Waals surface area (Å²) in [6.07, 6.45) is 11.0. The Morgan fingerprint density at radius 3 is 2.79 bits per heavy atom. The number of nitrogens with zero attached hydrogens (tertiary/aromatic N) is 3. The third kappa shape index (κ3) is 2.90. The van der Waals surface area contributed by atoms with Gasteiger partial charge in [0.2, 0.25) is 5.91 Å². The summed E-state index contributed by atoms with van der Waals surface area (Å²) in [5.74, 6) is 0.733. The van der Waals surface area contributed by atoms with Crippen molar-refractivity contribution >= 4 is 17.2 Å². The number of hydrogen-bond acceptors (Lipinski definition) is 4. The fourth-order valence-electron chi connectivity index (χ4n) is 4.87. The summed E-state index contributed by atoms with van der Waals surface area (Å²) in [6, 6.07) is 0.951. The Bertz CT molecular complexity index is 614. The van der Waals surface area contributed by atoms with E-state index < -0.39 is 0 Å². The first-order valence-corrected chi connectivity index (χ1v) is 10.4. The zero-order valence-corrected chi connectivity index (χ0v) is 15.8. The first-order chi connectivity index (χ1) is 11.6. The molecule has 0 aromatic carbocycles. The standard InChI is InChI=1S/C19H29N3OS/c1-13-20-15-9-7-11-17(18(15)24-13)21(2)12-22-16-10-6-4-3-5-8-14(16)19(22)23/h14,16-17H,3-12H2,1-2H3/t14-,16-,17+/m0/s1. The molecule has 0 bridgehead atoms. The number of hydrogen-bond donors (Lipinski definition) is 0. The second kappa shape index (κ2) is 6.75. The van der Waals surface area contributed by atoms with Crippen LogP contribution in [0.15, 0.2) is 0 Å². The van der Waals surface area contributed by atoms with Crippen LogP contribution in [-0.2, 0) is 11.2 Å². The first kappa shape index (κ1) is 16.5. The van der Waals surface area contributed by atoms with E-state index in [0.717, 1.165) is 19.5 Å². The van der Waals surface area contributed by atoms with Crippen molar-refractivity contribution in [2.24, 2.45) is 5.92 Å². The average molecular weight is 348 g/mol. The van der Waals surface area contributed by atoms with Crippen LogP contribution < -0.4 is 0 Å². The molecule has 1 aliphatic heterocycles. The number of thiazole rings is 1. The van der Waals surface area contributed by atoms with E-state index in [2.05, 4.69) is 23.8 Å². The van der Waals surface area contributed by atoms with Gasteiger partial charge in [-0.1, -0.05) is 25.7 Å². The molecule has 3 atom stereocenters. The van der Waals surface area contributed by atoms with Crippen LogP contribution in [0.4, 0.5) is 0 Å². The molecule has 2 heterocycles. The number of fused-ring (bicyclic) bond motifs is 2. The van der Waals surface area contributed by atoms with Crippen LogP contribution in [0.2, 0.25) is 0 Å². The van der Waals surface area contributed by atoms with Gasteiger partial charge in [-0.25, -0.2) is 4.98 Å². The molecule has 2 fully saturated rings. The quantitative estimate of drug-likeness (QED) is 0.778. The molecule has 5 heteroatoms. The van der Waals surface area contributed by atoms with Gasteiger partial charge in [0.05, 0.1) is 23.3 Å². The van der Waals surface area contributed by atoms with Gasteiger partial charge in [0.1, 0.15) is 0 Å². The van der Waals surface area contributed by atoms with Gasteiger partial charge in [0.15, 0.2) is 0 Å². The molecule has 4 nitrogen and oxygen atoms in total. The number of amides is 1. The second-order valence-corrected chi connectivity index (χ2v) is 9.06. The number of β-lactam (4-membered cyclic amide) rings is 1. The Hall–Kier alpha value is -0.940. The molecular weight excluding hydrogens is 318 g/mol. The van der Waals surface area contributed by atoms with Gasteiger partial charge in [-0.05, 0) is 46.1 Å². The Morgan fingerprint density at radius 2 is 1.96 bits per heavy atom. The summed E-state index contributed by atoms with van der Waals surface area (Å²) in [6.45, 7) is 2.90. The van der Waals surface area contributed by atoms with E-state index in [1.807, 2.05) is 11.3 Å². The maximum absolute atomic E-state index is 12.6. The van der Waals surface area contributed by atoms with E-state index in [1.54, 1.807) is 0 Å². The number of carbonyl (C=O) groups excluding carboxylic acids is 1. The summed E-state index contributed by atoms with van der Waals surface area (Å²) < 4.78 is 0. The number of aromatic nitrogens is 1. The lowest BCUT2D eigenvalue weighted by atomic mass is 9.78. The number of aryl methyl sites for hydroxylation is 2. The average Bonchev–Trinajstić information content (AvgIpc) is 2.93. The summed E-state index contributed by atoms with van der Waals surface area (Å²) in [5.41, 5.74) is 1.30. The predicted octanol–water partition coefficient (Wildman–Crippen LogP) is 3.90. The zero-order valence-electron chi connectivity index (χ0n) is 15.0. The monoisotopic (exact) mass is 347 g/mol. The summed E-state index contributed by atoms with van der Waals surface area (Å²) in [7, 11) is 2.19. The van der Waals surface area contributed by atoms with E-state index in [1.165, 1.54) is 60.5 Å². The summed E-state index contributed by atoms with van der Waals surface area (Å²) in [5, 5.41) is 1.18. The van der Waals surface area contributed by atoms with Gasteiger partial charge in [-0.15, -0.1) is 11.3 Å². The summed E-state index contributed by atoms with van der Waals surface area (Å²) in [4.78, 5) is 23.3. The molecule has 24 heavy (non-hydrogen) atoms. The Balaban J connectivity index is 1.44. The molecule has 1 aromatic heterocycles. The molecule has 2 aliphatic carbocycles. The summed E-state index contributed by atoms with van der Waals surface area (Å²) >= 11 is 1.85. The third-order valence-corrected chi connectivity index (χ3v) is 7.28. The number of rotatable bonds is 3. The highest BCUT2D eigenvalue weighted by molar-refractivity contribution is 7.11. The van der Waals surface area contributed by atoms with Crippen LogP contribution in [-0.4, -0.2) is 40.4 Å². The lowest BCUT2D eigenvalue weighted by molar-refractivity contribution is -0.162. The Morgan fingerprint density at radius 1 is 1.17 bits per heavy atom. The van der Waals surface area contributed by atoms with Gasteiger partial charge < -0.3 is 4.90 Å². The van der Waals surface area contributed by atoms with Crippen molar-refractivity contribution in [2.45, 2.75) is 76.8 Å². The number of carbonyl (C=O) groups is 1. The van der Waals surface area contributed by atoms with Crippen LogP contribution in [0.25, 0.3) is 0 Å². The minimum absolute atomic E-state index is 0.325. The van der Waals surface area contributed by atoms with Crippen molar-refractivity contribution in [2.75, 3.05) is 13.7 Å². The van der Waals surface area contributed by atoms with E-state index in [4.69, 9.17) is 4.98 Å². The van der Waals surface area contributed by atoms with E-state index in [0.29, 0.717) is 23.9 Å². The van der Waals surface area contributed by atoms with Crippen LogP contribution in [0, 0.1) is 12.8 Å². The minimum Gasteiger partial charge on any atom is -0.326 e. The number of likely N-dealkylation sites (tertiary alicyclic amines) is 1. The third-order valence-electron chi connectivity index (χ3n) is 6.17. The normalized spacial score (nSPS) is 30.4. The Kier molecular flexibility index (Phi) is 4.65. The fourth-order valence-corrected chi connectivity index (χ4v) is 6.05. The zero-order chi connectivity index (χ0) is 16.7. The van der Waals surface area contributed by atoms with Gasteiger partial charge in [0.25, 0.3) is 0 Å². The maximum Gasteiger partial charge on any atom is 0.229 e. The largest absolute Gasteiger partial charge is 0.326 e. The SMILES string of the molecule is Cc1nc2c(s1)[C@H](N(C)CN1C(=O)[C@H]3CCCCCC[C@@H]31)CCC2. The molecule has 1 amide bonds. The molecular formula is C19H29N3OS. The van der Waals surface area contributed by atoms with Gasteiger partial charge in [-0.3, -0.25) is 9.69 Å². The molecule has 0 radical (unpaired) electrons. The fraction of sp³-hybridized carbons (Fsp3) is 0.789. The molecule has 0 unspecified atom stereocenters. The molecule has 1 aromatic rings. The van der Waals surface area contributed by atoms with Crippen molar-refractivity contribution in [3.8, 4) is 0 Å².